The largest absolute Gasteiger partial charge is 0.488 e. The Morgan fingerprint density at radius 2 is 1.76 bits per heavy atom. The van der Waals surface area contributed by atoms with Gasteiger partial charge in [-0.05, 0) is 66.8 Å². The lowest BCUT2D eigenvalue weighted by Gasteiger charge is -2.20. The molecule has 0 aliphatic rings. The first-order valence-electron chi connectivity index (χ1n) is 9.52. The van der Waals surface area contributed by atoms with Crippen LogP contribution >= 0.6 is 0 Å². The van der Waals surface area contributed by atoms with Crippen molar-refractivity contribution in [2.45, 2.75) is 32.0 Å². The molecule has 1 aromatic heterocycles. The smallest absolute Gasteiger partial charge is 0.316 e. The van der Waals surface area contributed by atoms with Gasteiger partial charge in [0.2, 0.25) is 0 Å². The number of urea groups is 1. The molecule has 0 fully saturated rings. The van der Waals surface area contributed by atoms with E-state index in [0.717, 1.165) is 23.1 Å². The highest BCUT2D eigenvalue weighted by Crippen LogP contribution is 2.25. The van der Waals surface area contributed by atoms with Crippen molar-refractivity contribution in [3.8, 4) is 16.9 Å². The summed E-state index contributed by atoms with van der Waals surface area (Å²) in [5, 5.41) is 12.9. The van der Waals surface area contributed by atoms with Gasteiger partial charge < -0.3 is 20.9 Å². The highest BCUT2D eigenvalue weighted by Gasteiger charge is 2.16. The second-order valence-electron chi connectivity index (χ2n) is 6.88. The molecule has 0 aliphatic carbocycles. The van der Waals surface area contributed by atoms with E-state index in [-0.39, 0.29) is 6.10 Å². The minimum atomic E-state index is -0.587. The van der Waals surface area contributed by atoms with E-state index in [2.05, 4.69) is 10.3 Å². The van der Waals surface area contributed by atoms with Crippen molar-refractivity contribution in [1.82, 2.24) is 4.98 Å². The Morgan fingerprint density at radius 3 is 2.34 bits per heavy atom. The Labute approximate surface area is 170 Å². The molecule has 29 heavy (non-hydrogen) atoms. The fraction of sp³-hybridized carbons (Fsp3) is 0.217. The molecule has 1 heterocycles. The number of nitrogens with one attached hydrogen (secondary N) is 1. The second kappa shape index (κ2) is 9.71. The molecular weight excluding hydrogens is 366 g/mol. The maximum atomic E-state index is 10.9. The summed E-state index contributed by atoms with van der Waals surface area (Å²) in [4.78, 5) is 15.0. The third kappa shape index (κ3) is 6.05. The molecule has 0 unspecified atom stereocenters. The minimum Gasteiger partial charge on any atom is -0.488 e. The van der Waals surface area contributed by atoms with Crippen LogP contribution in [0.1, 0.15) is 18.9 Å². The zero-order chi connectivity index (χ0) is 20.6. The van der Waals surface area contributed by atoms with E-state index in [4.69, 9.17) is 10.5 Å². The number of aromatic nitrogens is 1. The van der Waals surface area contributed by atoms with Crippen LogP contribution in [0.2, 0.25) is 0 Å². The maximum absolute atomic E-state index is 10.9. The van der Waals surface area contributed by atoms with Gasteiger partial charge in [-0.25, -0.2) is 4.79 Å². The summed E-state index contributed by atoms with van der Waals surface area (Å²) in [6, 6.07) is 18.4. The molecule has 0 saturated heterocycles. The summed E-state index contributed by atoms with van der Waals surface area (Å²) in [5.74, 6) is 0.702. The van der Waals surface area contributed by atoms with Gasteiger partial charge in [0.25, 0.3) is 0 Å². The van der Waals surface area contributed by atoms with Crippen LogP contribution in [0.5, 0.6) is 5.75 Å². The number of carbonyl (C=O) groups is 1. The monoisotopic (exact) mass is 391 g/mol. The van der Waals surface area contributed by atoms with Crippen molar-refractivity contribution >= 4 is 11.7 Å². The Morgan fingerprint density at radius 1 is 1.10 bits per heavy atom. The average molecular weight is 391 g/mol. The number of primary amides is 1. The zero-order valence-corrected chi connectivity index (χ0v) is 16.3. The Balaban J connectivity index is 1.54. The fourth-order valence-electron chi connectivity index (χ4n) is 3.00. The van der Waals surface area contributed by atoms with Gasteiger partial charge in [-0.1, -0.05) is 30.3 Å². The van der Waals surface area contributed by atoms with Crippen LogP contribution < -0.4 is 15.8 Å². The highest BCUT2D eigenvalue weighted by atomic mass is 16.5. The van der Waals surface area contributed by atoms with Crippen LogP contribution in [0.3, 0.4) is 0 Å². The first-order valence-corrected chi connectivity index (χ1v) is 9.52. The van der Waals surface area contributed by atoms with Gasteiger partial charge >= 0.3 is 6.03 Å². The molecule has 150 valence electrons. The Hall–Kier alpha value is -3.38. The third-order valence-electron chi connectivity index (χ3n) is 4.66. The van der Waals surface area contributed by atoms with Crippen molar-refractivity contribution in [2.75, 3.05) is 5.32 Å². The number of anilines is 1. The van der Waals surface area contributed by atoms with Gasteiger partial charge in [-0.15, -0.1) is 0 Å². The van der Waals surface area contributed by atoms with E-state index >= 15 is 0 Å². The van der Waals surface area contributed by atoms with Crippen molar-refractivity contribution in [1.29, 1.82) is 0 Å². The SMILES string of the molecule is C[C@H](Oc1ccc(-c2ccc(NC(N)=O)cc2)cc1)[C@H](O)CCc1cccnc1. The number of nitrogens with zero attached hydrogens (tertiary/aromatic N) is 1. The molecule has 0 bridgehead atoms. The average Bonchev–Trinajstić information content (AvgIpc) is 2.73. The van der Waals surface area contributed by atoms with Crippen molar-refractivity contribution < 1.29 is 14.6 Å². The van der Waals surface area contributed by atoms with Crippen LogP contribution in [-0.4, -0.2) is 28.3 Å². The molecule has 2 amide bonds. The fourth-order valence-corrected chi connectivity index (χ4v) is 3.00. The summed E-state index contributed by atoms with van der Waals surface area (Å²) in [6.07, 6.45) is 4.02. The molecule has 0 aliphatic heterocycles. The number of hydrogen-bond acceptors (Lipinski definition) is 4. The number of aliphatic hydroxyl groups excluding tert-OH is 1. The molecule has 3 aromatic rings. The number of benzene rings is 2. The summed E-state index contributed by atoms with van der Waals surface area (Å²) in [7, 11) is 0. The van der Waals surface area contributed by atoms with E-state index in [1.165, 1.54) is 0 Å². The van der Waals surface area contributed by atoms with Crippen LogP contribution in [0.25, 0.3) is 11.1 Å². The molecule has 0 saturated carbocycles. The number of amides is 2. The first kappa shape index (κ1) is 20.4. The molecule has 6 nitrogen and oxygen atoms in total. The predicted octanol–water partition coefficient (Wildman–Crippen LogP) is 4.00. The van der Waals surface area contributed by atoms with Crippen LogP contribution in [0, 0.1) is 0 Å². The van der Waals surface area contributed by atoms with E-state index in [9.17, 15) is 9.90 Å². The molecular formula is C23H25N3O3. The molecule has 2 atom stereocenters. The normalized spacial score (nSPS) is 12.8. The number of rotatable bonds is 8. The number of pyridine rings is 1. The van der Waals surface area contributed by atoms with Gasteiger partial charge in [-0.2, -0.15) is 0 Å². The second-order valence-corrected chi connectivity index (χ2v) is 6.88. The summed E-state index contributed by atoms with van der Waals surface area (Å²) in [5.41, 5.74) is 8.89. The lowest BCUT2D eigenvalue weighted by molar-refractivity contribution is 0.0420. The van der Waals surface area contributed by atoms with E-state index in [1.54, 1.807) is 18.3 Å². The van der Waals surface area contributed by atoms with Crippen molar-refractivity contribution in [3.63, 3.8) is 0 Å². The number of nitrogens with two attached hydrogens (primary N) is 1. The summed E-state index contributed by atoms with van der Waals surface area (Å²) >= 11 is 0. The summed E-state index contributed by atoms with van der Waals surface area (Å²) in [6.45, 7) is 1.87. The third-order valence-corrected chi connectivity index (χ3v) is 4.66. The zero-order valence-electron chi connectivity index (χ0n) is 16.3. The maximum Gasteiger partial charge on any atom is 0.316 e. The summed E-state index contributed by atoms with van der Waals surface area (Å²) < 4.78 is 5.89. The molecule has 0 spiro atoms. The predicted molar refractivity (Wildman–Crippen MR) is 114 cm³/mol. The topological polar surface area (TPSA) is 97.5 Å². The number of carbonyl (C=O) groups excluding carboxylic acids is 1. The van der Waals surface area contributed by atoms with Gasteiger partial charge in [0.15, 0.2) is 0 Å². The molecule has 0 radical (unpaired) electrons. The number of ether oxygens (including phenoxy) is 1. The van der Waals surface area contributed by atoms with Gasteiger partial charge in [-0.3, -0.25) is 4.98 Å². The van der Waals surface area contributed by atoms with E-state index in [1.807, 2.05) is 61.7 Å². The van der Waals surface area contributed by atoms with Crippen molar-refractivity contribution in [3.05, 3.63) is 78.6 Å². The van der Waals surface area contributed by atoms with Crippen LogP contribution in [-0.2, 0) is 6.42 Å². The lowest BCUT2D eigenvalue weighted by Crippen LogP contribution is -2.29. The van der Waals surface area contributed by atoms with Crippen molar-refractivity contribution in [2.24, 2.45) is 5.73 Å². The Bertz CT molecular complexity index is 912. The number of hydrogen-bond donors (Lipinski definition) is 3. The van der Waals surface area contributed by atoms with Gasteiger partial charge in [0.1, 0.15) is 11.9 Å². The molecule has 3 rings (SSSR count). The van der Waals surface area contributed by atoms with Gasteiger partial charge in [0, 0.05) is 18.1 Å². The standard InChI is InChI=1S/C23H25N3O3/c1-16(22(27)13-4-17-3-2-14-25-15-17)29-21-11-7-19(8-12-21)18-5-9-20(10-6-18)26-23(24)28/h2-3,5-12,14-16,22,27H,4,13H2,1H3,(H3,24,26,28)/t16-,22+/m0/s1. The highest BCUT2D eigenvalue weighted by molar-refractivity contribution is 5.88. The number of aryl methyl sites for hydroxylation is 1. The molecule has 2 aromatic carbocycles. The first-order chi connectivity index (χ1) is 14.0. The van der Waals surface area contributed by atoms with Crippen LogP contribution in [0.15, 0.2) is 73.1 Å². The van der Waals surface area contributed by atoms with Crippen LogP contribution in [0.4, 0.5) is 10.5 Å². The minimum absolute atomic E-state index is 0.323. The number of aliphatic hydroxyl groups is 1. The van der Waals surface area contributed by atoms with E-state index < -0.39 is 12.1 Å². The molecule has 4 N–H and O–H groups in total. The lowest BCUT2D eigenvalue weighted by atomic mass is 10.0. The quantitative estimate of drug-likeness (QED) is 0.541. The Kier molecular flexibility index (Phi) is 6.81. The van der Waals surface area contributed by atoms with Gasteiger partial charge in [0.05, 0.1) is 6.10 Å². The van der Waals surface area contributed by atoms with E-state index in [0.29, 0.717) is 17.9 Å². The molecule has 6 heteroatoms.